The summed E-state index contributed by atoms with van der Waals surface area (Å²) in [5, 5.41) is 10.1. The van der Waals surface area contributed by atoms with Gasteiger partial charge in [0.25, 0.3) is 0 Å². The molecule has 0 saturated heterocycles. The van der Waals surface area contributed by atoms with Gasteiger partial charge in [-0.05, 0) is 52.4 Å². The van der Waals surface area contributed by atoms with Gasteiger partial charge in [-0.1, -0.05) is 17.7 Å². The summed E-state index contributed by atoms with van der Waals surface area (Å²) in [7, 11) is 0. The number of rotatable bonds is 6. The second-order valence-electron chi connectivity index (χ2n) is 4.43. The molecule has 0 saturated carbocycles. The van der Waals surface area contributed by atoms with E-state index in [1.165, 1.54) is 15.3 Å². The molecular formula is C15H14ClNS3. The predicted octanol–water partition coefficient (Wildman–Crippen LogP) is 5.45. The van der Waals surface area contributed by atoms with Crippen molar-refractivity contribution in [2.24, 2.45) is 0 Å². The SMILES string of the molecule is Clc1ccc(C(NCCc2ccsc2)c2cccs2)s1. The summed E-state index contributed by atoms with van der Waals surface area (Å²) in [6, 6.07) is 10.8. The van der Waals surface area contributed by atoms with Gasteiger partial charge in [-0.15, -0.1) is 22.7 Å². The summed E-state index contributed by atoms with van der Waals surface area (Å²) in [4.78, 5) is 2.62. The van der Waals surface area contributed by atoms with Crippen LogP contribution in [0.4, 0.5) is 0 Å². The molecule has 3 rings (SSSR count). The molecule has 1 N–H and O–H groups in total. The van der Waals surface area contributed by atoms with Crippen LogP contribution in [0.25, 0.3) is 0 Å². The highest BCUT2D eigenvalue weighted by atomic mass is 35.5. The zero-order chi connectivity index (χ0) is 13.8. The Hall–Kier alpha value is -0.650. The van der Waals surface area contributed by atoms with Crippen LogP contribution >= 0.6 is 45.6 Å². The molecule has 5 heteroatoms. The summed E-state index contributed by atoms with van der Waals surface area (Å²) in [5.74, 6) is 0. The van der Waals surface area contributed by atoms with Gasteiger partial charge in [-0.3, -0.25) is 0 Å². The lowest BCUT2D eigenvalue weighted by Crippen LogP contribution is -2.23. The lowest BCUT2D eigenvalue weighted by Gasteiger charge is -2.15. The third kappa shape index (κ3) is 3.51. The van der Waals surface area contributed by atoms with Crippen LogP contribution in [0.2, 0.25) is 4.34 Å². The Labute approximate surface area is 135 Å². The molecule has 1 nitrogen and oxygen atoms in total. The van der Waals surface area contributed by atoms with E-state index in [0.717, 1.165) is 17.3 Å². The molecular weight excluding hydrogens is 326 g/mol. The van der Waals surface area contributed by atoms with E-state index in [1.807, 2.05) is 6.07 Å². The molecule has 3 aromatic heterocycles. The number of hydrogen-bond donors (Lipinski definition) is 1. The Bertz CT molecular complexity index is 628. The summed E-state index contributed by atoms with van der Waals surface area (Å²) in [6.07, 6.45) is 1.06. The number of thiophene rings is 3. The minimum absolute atomic E-state index is 0.256. The van der Waals surface area contributed by atoms with Crippen LogP contribution in [-0.4, -0.2) is 6.54 Å². The van der Waals surface area contributed by atoms with Crippen molar-refractivity contribution >= 4 is 45.6 Å². The van der Waals surface area contributed by atoms with Crippen LogP contribution < -0.4 is 5.32 Å². The molecule has 104 valence electrons. The zero-order valence-corrected chi connectivity index (χ0v) is 13.9. The highest BCUT2D eigenvalue weighted by Crippen LogP contribution is 2.33. The maximum atomic E-state index is 6.08. The van der Waals surface area contributed by atoms with Gasteiger partial charge >= 0.3 is 0 Å². The third-order valence-electron chi connectivity index (χ3n) is 3.05. The molecule has 3 heterocycles. The highest BCUT2D eigenvalue weighted by molar-refractivity contribution is 7.16. The maximum absolute atomic E-state index is 6.08. The quantitative estimate of drug-likeness (QED) is 0.630. The van der Waals surface area contributed by atoms with Crippen molar-refractivity contribution in [2.45, 2.75) is 12.5 Å². The van der Waals surface area contributed by atoms with Crippen LogP contribution in [0.5, 0.6) is 0 Å². The first-order chi connectivity index (χ1) is 9.83. The Morgan fingerprint density at radius 1 is 1.10 bits per heavy atom. The van der Waals surface area contributed by atoms with Crippen molar-refractivity contribution in [1.29, 1.82) is 0 Å². The van der Waals surface area contributed by atoms with Crippen molar-refractivity contribution in [3.8, 4) is 0 Å². The first kappa shape index (κ1) is 14.3. The second kappa shape index (κ2) is 6.87. The lowest BCUT2D eigenvalue weighted by molar-refractivity contribution is 0.621. The first-order valence-electron chi connectivity index (χ1n) is 6.36. The first-order valence-corrected chi connectivity index (χ1v) is 9.38. The summed E-state index contributed by atoms with van der Waals surface area (Å²) >= 11 is 11.3. The molecule has 0 aliphatic heterocycles. The van der Waals surface area contributed by atoms with Crippen LogP contribution in [0.15, 0.2) is 46.5 Å². The molecule has 0 bridgehead atoms. The van der Waals surface area contributed by atoms with E-state index >= 15 is 0 Å². The molecule has 0 aromatic carbocycles. The van der Waals surface area contributed by atoms with E-state index in [0.29, 0.717) is 0 Å². The minimum Gasteiger partial charge on any atom is -0.305 e. The van der Waals surface area contributed by atoms with Crippen molar-refractivity contribution in [2.75, 3.05) is 6.54 Å². The molecule has 3 aromatic rings. The summed E-state index contributed by atoms with van der Waals surface area (Å²) in [6.45, 7) is 0.967. The van der Waals surface area contributed by atoms with Gasteiger partial charge < -0.3 is 5.32 Å². The van der Waals surface area contributed by atoms with Crippen LogP contribution in [0.3, 0.4) is 0 Å². The summed E-state index contributed by atoms with van der Waals surface area (Å²) in [5.41, 5.74) is 1.40. The van der Waals surface area contributed by atoms with Gasteiger partial charge in [0.1, 0.15) is 0 Å². The molecule has 1 atom stereocenters. The Kier molecular flexibility index (Phi) is 4.91. The van der Waals surface area contributed by atoms with Gasteiger partial charge in [0, 0.05) is 16.3 Å². The topological polar surface area (TPSA) is 12.0 Å². The van der Waals surface area contributed by atoms with Crippen LogP contribution in [0.1, 0.15) is 21.4 Å². The highest BCUT2D eigenvalue weighted by Gasteiger charge is 2.16. The number of halogens is 1. The Morgan fingerprint density at radius 3 is 2.70 bits per heavy atom. The van der Waals surface area contributed by atoms with E-state index in [-0.39, 0.29) is 6.04 Å². The molecule has 0 radical (unpaired) electrons. The number of nitrogens with one attached hydrogen (secondary N) is 1. The van der Waals surface area contributed by atoms with E-state index in [1.54, 1.807) is 34.0 Å². The van der Waals surface area contributed by atoms with E-state index in [9.17, 15) is 0 Å². The smallest absolute Gasteiger partial charge is 0.0931 e. The third-order valence-corrected chi connectivity index (χ3v) is 6.01. The lowest BCUT2D eigenvalue weighted by atomic mass is 10.2. The van der Waals surface area contributed by atoms with Crippen LogP contribution in [-0.2, 0) is 6.42 Å². The van der Waals surface area contributed by atoms with E-state index in [2.05, 4.69) is 45.7 Å². The maximum Gasteiger partial charge on any atom is 0.0931 e. The standard InChI is InChI=1S/C15H14ClNS3/c16-14-4-3-13(20-14)15(12-2-1-8-19-12)17-7-5-11-6-9-18-10-11/h1-4,6,8-10,15,17H,5,7H2. The van der Waals surface area contributed by atoms with Crippen molar-refractivity contribution in [3.05, 3.63) is 66.1 Å². The molecule has 0 aliphatic rings. The normalized spacial score (nSPS) is 12.7. The number of hydrogen-bond acceptors (Lipinski definition) is 4. The molecule has 0 fully saturated rings. The van der Waals surface area contributed by atoms with Gasteiger partial charge in [-0.2, -0.15) is 11.3 Å². The predicted molar refractivity (Wildman–Crippen MR) is 91.5 cm³/mol. The molecule has 0 spiro atoms. The fourth-order valence-corrected chi connectivity index (χ4v) is 4.83. The monoisotopic (exact) mass is 339 g/mol. The average molecular weight is 340 g/mol. The van der Waals surface area contributed by atoms with Crippen molar-refractivity contribution in [1.82, 2.24) is 5.32 Å². The minimum atomic E-state index is 0.256. The second-order valence-corrected chi connectivity index (χ2v) is 7.93. The van der Waals surface area contributed by atoms with Crippen molar-refractivity contribution < 1.29 is 0 Å². The Morgan fingerprint density at radius 2 is 2.05 bits per heavy atom. The van der Waals surface area contributed by atoms with Crippen LogP contribution in [0, 0.1) is 0 Å². The molecule has 1 unspecified atom stereocenters. The zero-order valence-electron chi connectivity index (χ0n) is 10.7. The van der Waals surface area contributed by atoms with Crippen molar-refractivity contribution in [3.63, 3.8) is 0 Å². The van der Waals surface area contributed by atoms with E-state index < -0.39 is 0 Å². The summed E-state index contributed by atoms with van der Waals surface area (Å²) < 4.78 is 0.848. The van der Waals surface area contributed by atoms with E-state index in [4.69, 9.17) is 11.6 Å². The Balaban J connectivity index is 1.70. The fourth-order valence-electron chi connectivity index (χ4n) is 2.08. The van der Waals surface area contributed by atoms with Gasteiger partial charge in [-0.25, -0.2) is 0 Å². The largest absolute Gasteiger partial charge is 0.305 e. The molecule has 0 amide bonds. The average Bonchev–Trinajstić information content (AvgIpc) is 3.17. The van der Waals surface area contributed by atoms with Gasteiger partial charge in [0.05, 0.1) is 10.4 Å². The van der Waals surface area contributed by atoms with Gasteiger partial charge in [0.15, 0.2) is 0 Å². The fraction of sp³-hybridized carbons (Fsp3) is 0.200. The van der Waals surface area contributed by atoms with Gasteiger partial charge in [0.2, 0.25) is 0 Å². The molecule has 0 aliphatic carbocycles. The molecule has 20 heavy (non-hydrogen) atoms.